The molecule has 0 aromatic rings. The smallest absolute Gasteiger partial charge is 0.223 e. The average molecular weight is 237 g/mol. The monoisotopic (exact) mass is 237 g/mol. The van der Waals surface area contributed by atoms with E-state index >= 15 is 0 Å². The van der Waals surface area contributed by atoms with Crippen LogP contribution >= 0.6 is 0 Å². The van der Waals surface area contributed by atoms with Crippen LogP contribution in [0.3, 0.4) is 0 Å². The van der Waals surface area contributed by atoms with Crippen molar-refractivity contribution >= 4 is 5.91 Å². The Hall–Kier alpha value is -0.530. The van der Waals surface area contributed by atoms with E-state index in [4.69, 9.17) is 0 Å². The van der Waals surface area contributed by atoms with Gasteiger partial charge in [0.1, 0.15) is 0 Å². The molecular weight excluding hydrogens is 210 g/mol. The van der Waals surface area contributed by atoms with Gasteiger partial charge in [-0.15, -0.1) is 0 Å². The summed E-state index contributed by atoms with van der Waals surface area (Å²) in [4.78, 5) is 12.2. The molecule has 1 N–H and O–H groups in total. The summed E-state index contributed by atoms with van der Waals surface area (Å²) in [5.41, 5.74) is 0.177. The Morgan fingerprint density at radius 1 is 1.06 bits per heavy atom. The Balaban J connectivity index is 1.84. The molecule has 0 aliphatic heterocycles. The number of fused-ring (bicyclic) bond motifs is 1. The lowest BCUT2D eigenvalue weighted by Crippen LogP contribution is -2.47. The van der Waals surface area contributed by atoms with Gasteiger partial charge in [-0.25, -0.2) is 0 Å². The first kappa shape index (κ1) is 12.9. The zero-order valence-corrected chi connectivity index (χ0v) is 12.0. The fourth-order valence-electron chi connectivity index (χ4n) is 3.73. The highest BCUT2D eigenvalue weighted by atomic mass is 16.2. The summed E-state index contributed by atoms with van der Waals surface area (Å²) in [6, 6.07) is 0. The number of carbonyl (C=O) groups excluding carboxylic acids is 1. The van der Waals surface area contributed by atoms with Crippen molar-refractivity contribution in [3.05, 3.63) is 0 Å². The minimum atomic E-state index is -0.0812. The molecular formula is C15H27NO. The van der Waals surface area contributed by atoms with E-state index in [1.807, 2.05) is 0 Å². The molecule has 2 aliphatic carbocycles. The van der Waals surface area contributed by atoms with E-state index in [9.17, 15) is 4.79 Å². The van der Waals surface area contributed by atoms with Crippen LogP contribution in [0.2, 0.25) is 0 Å². The van der Waals surface area contributed by atoms with Crippen molar-refractivity contribution in [3.63, 3.8) is 0 Å². The Morgan fingerprint density at radius 2 is 1.59 bits per heavy atom. The highest BCUT2D eigenvalue weighted by Gasteiger charge is 2.48. The first-order valence-electron chi connectivity index (χ1n) is 6.98. The third-order valence-electron chi connectivity index (χ3n) is 4.05. The topological polar surface area (TPSA) is 29.1 Å². The van der Waals surface area contributed by atoms with Crippen molar-refractivity contribution in [2.45, 2.75) is 65.8 Å². The molecule has 2 atom stereocenters. The van der Waals surface area contributed by atoms with E-state index in [2.05, 4.69) is 39.9 Å². The minimum Gasteiger partial charge on any atom is -0.351 e. The third-order valence-corrected chi connectivity index (χ3v) is 4.05. The maximum absolute atomic E-state index is 12.2. The standard InChI is InChI=1S/C15H27NO/c1-14(2,3)9-15(4,5)16-13(17)12-7-10-6-11(10)8-12/h10-12H,6-9H2,1-5H3,(H,16,17). The molecule has 0 bridgehead atoms. The summed E-state index contributed by atoms with van der Waals surface area (Å²) in [6.07, 6.45) is 4.69. The van der Waals surface area contributed by atoms with E-state index in [1.165, 1.54) is 6.42 Å². The van der Waals surface area contributed by atoms with Crippen molar-refractivity contribution < 1.29 is 4.79 Å². The van der Waals surface area contributed by atoms with Crippen molar-refractivity contribution in [1.82, 2.24) is 5.32 Å². The van der Waals surface area contributed by atoms with Gasteiger partial charge in [-0.2, -0.15) is 0 Å². The van der Waals surface area contributed by atoms with Crippen LogP contribution in [0.1, 0.15) is 60.3 Å². The van der Waals surface area contributed by atoms with Crippen LogP contribution < -0.4 is 5.32 Å². The molecule has 0 radical (unpaired) electrons. The van der Waals surface area contributed by atoms with Gasteiger partial charge in [0.05, 0.1) is 0 Å². The summed E-state index contributed by atoms with van der Waals surface area (Å²) in [5.74, 6) is 2.37. The van der Waals surface area contributed by atoms with Gasteiger partial charge in [0, 0.05) is 11.5 Å². The molecule has 2 heteroatoms. The van der Waals surface area contributed by atoms with E-state index in [0.717, 1.165) is 31.1 Å². The quantitative estimate of drug-likeness (QED) is 0.801. The summed E-state index contributed by atoms with van der Waals surface area (Å²) in [6.45, 7) is 11.0. The number of hydrogen-bond donors (Lipinski definition) is 1. The second-order valence-electron chi connectivity index (χ2n) is 8.03. The molecule has 2 rings (SSSR count). The second kappa shape index (κ2) is 4.00. The Bertz CT molecular complexity index is 303. The maximum atomic E-state index is 12.2. The molecule has 2 fully saturated rings. The number of rotatable bonds is 3. The number of amides is 1. The number of nitrogens with one attached hydrogen (secondary N) is 1. The van der Waals surface area contributed by atoms with Crippen LogP contribution in [0.15, 0.2) is 0 Å². The maximum Gasteiger partial charge on any atom is 0.223 e. The fourth-order valence-corrected chi connectivity index (χ4v) is 3.73. The number of hydrogen-bond acceptors (Lipinski definition) is 1. The minimum absolute atomic E-state index is 0.0812. The molecule has 2 aliphatic rings. The van der Waals surface area contributed by atoms with E-state index < -0.39 is 0 Å². The van der Waals surface area contributed by atoms with Crippen LogP contribution in [-0.4, -0.2) is 11.4 Å². The Labute approximate surface area is 106 Å². The summed E-state index contributed by atoms with van der Waals surface area (Å²) in [5, 5.41) is 3.26. The molecule has 0 aromatic heterocycles. The van der Waals surface area contributed by atoms with Gasteiger partial charge in [0.2, 0.25) is 5.91 Å². The predicted molar refractivity (Wildman–Crippen MR) is 70.6 cm³/mol. The zero-order chi connectivity index (χ0) is 12.8. The molecule has 98 valence electrons. The zero-order valence-electron chi connectivity index (χ0n) is 12.0. The molecule has 2 nitrogen and oxygen atoms in total. The second-order valence-corrected chi connectivity index (χ2v) is 8.03. The summed E-state index contributed by atoms with van der Waals surface area (Å²) in [7, 11) is 0. The van der Waals surface area contributed by atoms with Gasteiger partial charge < -0.3 is 5.32 Å². The van der Waals surface area contributed by atoms with Gasteiger partial charge >= 0.3 is 0 Å². The first-order valence-corrected chi connectivity index (χ1v) is 6.98. The molecule has 2 saturated carbocycles. The van der Waals surface area contributed by atoms with Gasteiger partial charge in [-0.3, -0.25) is 4.79 Å². The lowest BCUT2D eigenvalue weighted by molar-refractivity contribution is -0.127. The molecule has 0 heterocycles. The van der Waals surface area contributed by atoms with Crippen molar-refractivity contribution in [1.29, 1.82) is 0 Å². The largest absolute Gasteiger partial charge is 0.351 e. The van der Waals surface area contributed by atoms with Gasteiger partial charge in [0.25, 0.3) is 0 Å². The van der Waals surface area contributed by atoms with Gasteiger partial charge in [0.15, 0.2) is 0 Å². The SMILES string of the molecule is CC(C)(C)CC(C)(C)NC(=O)C1CC2CC2C1. The van der Waals surface area contributed by atoms with Crippen molar-refractivity contribution in [3.8, 4) is 0 Å². The summed E-state index contributed by atoms with van der Waals surface area (Å²) >= 11 is 0. The first-order chi connectivity index (χ1) is 7.66. The fraction of sp³-hybridized carbons (Fsp3) is 0.933. The van der Waals surface area contributed by atoms with Crippen LogP contribution in [0.4, 0.5) is 0 Å². The van der Waals surface area contributed by atoms with Crippen LogP contribution in [0.5, 0.6) is 0 Å². The highest BCUT2D eigenvalue weighted by Crippen LogP contribution is 2.54. The highest BCUT2D eigenvalue weighted by molar-refractivity contribution is 5.80. The molecule has 1 amide bonds. The molecule has 2 unspecified atom stereocenters. The predicted octanol–water partition coefficient (Wildman–Crippen LogP) is 3.36. The van der Waals surface area contributed by atoms with Crippen molar-refractivity contribution in [2.75, 3.05) is 0 Å². The van der Waals surface area contributed by atoms with Crippen molar-refractivity contribution in [2.24, 2.45) is 23.2 Å². The van der Waals surface area contributed by atoms with Gasteiger partial charge in [-0.05, 0) is 56.8 Å². The molecule has 0 aromatic carbocycles. The van der Waals surface area contributed by atoms with E-state index in [-0.39, 0.29) is 11.0 Å². The molecule has 0 saturated heterocycles. The lowest BCUT2D eigenvalue weighted by atomic mass is 9.81. The van der Waals surface area contributed by atoms with Crippen LogP contribution in [-0.2, 0) is 4.79 Å². The average Bonchev–Trinajstić information content (AvgIpc) is 2.68. The third kappa shape index (κ3) is 3.46. The molecule has 17 heavy (non-hydrogen) atoms. The van der Waals surface area contributed by atoms with Crippen LogP contribution in [0.25, 0.3) is 0 Å². The number of carbonyl (C=O) groups is 1. The molecule has 0 spiro atoms. The van der Waals surface area contributed by atoms with E-state index in [0.29, 0.717) is 11.8 Å². The van der Waals surface area contributed by atoms with Crippen LogP contribution in [0, 0.1) is 23.2 Å². The summed E-state index contributed by atoms with van der Waals surface area (Å²) < 4.78 is 0. The van der Waals surface area contributed by atoms with E-state index in [1.54, 1.807) is 0 Å². The normalized spacial score (nSPS) is 32.2. The van der Waals surface area contributed by atoms with Gasteiger partial charge in [-0.1, -0.05) is 20.8 Å². The lowest BCUT2D eigenvalue weighted by Gasteiger charge is -2.34. The Kier molecular flexibility index (Phi) is 3.04. The Morgan fingerprint density at radius 3 is 2.06 bits per heavy atom.